The van der Waals surface area contributed by atoms with Gasteiger partial charge in [0.15, 0.2) is 0 Å². The highest BCUT2D eigenvalue weighted by Crippen LogP contribution is 2.27. The van der Waals surface area contributed by atoms with Gasteiger partial charge in [-0.25, -0.2) is 9.59 Å². The fourth-order valence-corrected chi connectivity index (χ4v) is 2.28. The number of carbonyl (C=O) groups is 4. The molecule has 0 saturated carbocycles. The van der Waals surface area contributed by atoms with Crippen molar-refractivity contribution in [3.63, 3.8) is 0 Å². The number of ether oxygens (including phenoxy) is 2. The summed E-state index contributed by atoms with van der Waals surface area (Å²) in [4.78, 5) is 47.5. The summed E-state index contributed by atoms with van der Waals surface area (Å²) < 4.78 is 9.04. The van der Waals surface area contributed by atoms with Gasteiger partial charge in [-0.1, -0.05) is 23.2 Å². The Bertz CT molecular complexity index is 600. The summed E-state index contributed by atoms with van der Waals surface area (Å²) in [6.45, 7) is 2.84. The molecule has 0 aromatic heterocycles. The van der Waals surface area contributed by atoms with Crippen LogP contribution in [-0.2, 0) is 28.7 Å². The van der Waals surface area contributed by atoms with Crippen molar-refractivity contribution in [1.29, 1.82) is 0 Å². The normalized spacial score (nSPS) is 17.4. The van der Waals surface area contributed by atoms with Gasteiger partial charge in [-0.3, -0.25) is 9.59 Å². The lowest BCUT2D eigenvalue weighted by Crippen LogP contribution is -2.43. The van der Waals surface area contributed by atoms with E-state index in [4.69, 9.17) is 23.2 Å². The van der Waals surface area contributed by atoms with E-state index in [0.717, 1.165) is 0 Å². The molecule has 132 valence electrons. The van der Waals surface area contributed by atoms with E-state index in [1.165, 1.54) is 28.1 Å². The summed E-state index contributed by atoms with van der Waals surface area (Å²) in [5.74, 6) is -2.90. The number of Topliss-reactive ketones (excluding diaryl/α,β-unsaturated/α-hetero) is 2. The number of hydrogen-bond acceptors (Lipinski definition) is 8. The van der Waals surface area contributed by atoms with Crippen LogP contribution in [-0.4, -0.2) is 49.8 Å². The Kier molecular flexibility index (Phi) is 6.80. The first kappa shape index (κ1) is 20.0. The molecule has 8 nitrogen and oxygen atoms in total. The van der Waals surface area contributed by atoms with E-state index in [1.807, 2.05) is 0 Å². The van der Waals surface area contributed by atoms with Gasteiger partial charge >= 0.3 is 11.9 Å². The molecule has 10 heteroatoms. The molecule has 2 atom stereocenters. The summed E-state index contributed by atoms with van der Waals surface area (Å²) in [6.07, 6.45) is 0. The third-order valence-electron chi connectivity index (χ3n) is 3.12. The van der Waals surface area contributed by atoms with Crippen molar-refractivity contribution in [2.75, 3.05) is 14.2 Å². The highest BCUT2D eigenvalue weighted by atomic mass is 35.5. The molecule has 24 heavy (non-hydrogen) atoms. The van der Waals surface area contributed by atoms with Crippen LogP contribution in [0.2, 0.25) is 0 Å². The fraction of sp³-hybridized carbons (Fsp3) is 0.429. The van der Waals surface area contributed by atoms with Crippen molar-refractivity contribution in [1.82, 2.24) is 10.6 Å². The maximum atomic E-state index is 12.3. The molecule has 0 aliphatic heterocycles. The first-order valence-electron chi connectivity index (χ1n) is 6.73. The Morgan fingerprint density at radius 2 is 1.12 bits per heavy atom. The number of esters is 2. The maximum Gasteiger partial charge on any atom is 0.327 e. The molecule has 0 fully saturated rings. The van der Waals surface area contributed by atoms with Gasteiger partial charge in [0.1, 0.15) is 33.5 Å². The van der Waals surface area contributed by atoms with Crippen LogP contribution in [0.5, 0.6) is 0 Å². The standard InChI is InChI=1S/C14H16Cl2N2O6/c1-5(13(21)23-3)17-9-7(15)12(20)10(8(16)11(9)19)18-6(2)14(22)24-4/h5-6,17-18H,1-4H3/t5-,6+. The monoisotopic (exact) mass is 378 g/mol. The number of allylic oxidation sites excluding steroid dienone is 2. The number of methoxy groups -OCH3 is 2. The molecule has 2 N–H and O–H groups in total. The lowest BCUT2D eigenvalue weighted by molar-refractivity contribution is -0.143. The van der Waals surface area contributed by atoms with Crippen LogP contribution < -0.4 is 10.6 Å². The van der Waals surface area contributed by atoms with Gasteiger partial charge in [0, 0.05) is 0 Å². The van der Waals surface area contributed by atoms with E-state index in [1.54, 1.807) is 0 Å². The Hall–Kier alpha value is -2.06. The fourth-order valence-electron chi connectivity index (χ4n) is 1.81. The van der Waals surface area contributed by atoms with E-state index in [9.17, 15) is 19.2 Å². The Morgan fingerprint density at radius 3 is 1.38 bits per heavy atom. The van der Waals surface area contributed by atoms with E-state index in [0.29, 0.717) is 0 Å². The van der Waals surface area contributed by atoms with Crippen LogP contribution in [0.3, 0.4) is 0 Å². The number of halogens is 2. The topological polar surface area (TPSA) is 111 Å². The molecule has 1 aliphatic rings. The van der Waals surface area contributed by atoms with E-state index < -0.39 is 45.7 Å². The van der Waals surface area contributed by atoms with Crippen molar-refractivity contribution >= 4 is 46.7 Å². The quantitative estimate of drug-likeness (QED) is 0.502. The maximum absolute atomic E-state index is 12.3. The van der Waals surface area contributed by atoms with Crippen LogP contribution >= 0.6 is 23.2 Å². The largest absolute Gasteiger partial charge is 0.467 e. The molecule has 0 saturated heterocycles. The predicted molar refractivity (Wildman–Crippen MR) is 85.0 cm³/mol. The second-order valence-electron chi connectivity index (χ2n) is 4.81. The molecule has 0 spiro atoms. The number of ketones is 2. The van der Waals surface area contributed by atoms with Crippen molar-refractivity contribution in [2.45, 2.75) is 25.9 Å². The summed E-state index contributed by atoms with van der Waals surface area (Å²) >= 11 is 11.8. The summed E-state index contributed by atoms with van der Waals surface area (Å²) in [6, 6.07) is -1.85. The van der Waals surface area contributed by atoms with Gasteiger partial charge in [0.05, 0.1) is 14.2 Å². The van der Waals surface area contributed by atoms with Crippen molar-refractivity contribution in [3.05, 3.63) is 21.5 Å². The minimum atomic E-state index is -0.927. The zero-order chi connectivity index (χ0) is 18.6. The van der Waals surface area contributed by atoms with Crippen molar-refractivity contribution in [3.8, 4) is 0 Å². The molecule has 1 aliphatic carbocycles. The molecule has 1 rings (SSSR count). The Labute approximate surface area is 148 Å². The van der Waals surface area contributed by atoms with Crippen molar-refractivity contribution in [2.24, 2.45) is 0 Å². The third-order valence-corrected chi connectivity index (χ3v) is 3.84. The summed E-state index contributed by atoms with van der Waals surface area (Å²) in [5.41, 5.74) is -0.637. The minimum Gasteiger partial charge on any atom is -0.467 e. The number of carbonyl (C=O) groups excluding carboxylic acids is 4. The highest BCUT2D eigenvalue weighted by Gasteiger charge is 2.36. The Morgan fingerprint density at radius 1 is 0.833 bits per heavy atom. The lowest BCUT2D eigenvalue weighted by atomic mass is 10.0. The second-order valence-corrected chi connectivity index (χ2v) is 5.57. The van der Waals surface area contributed by atoms with Crippen LogP contribution in [0.1, 0.15) is 13.8 Å². The number of rotatable bonds is 6. The van der Waals surface area contributed by atoms with Gasteiger partial charge in [0.2, 0.25) is 11.6 Å². The predicted octanol–water partition coefficient (Wildman–Crippen LogP) is 0.341. The van der Waals surface area contributed by atoms with E-state index in [-0.39, 0.29) is 11.4 Å². The number of nitrogens with one attached hydrogen (secondary N) is 2. The summed E-state index contributed by atoms with van der Waals surface area (Å²) in [5, 5.41) is 4.09. The van der Waals surface area contributed by atoms with Gasteiger partial charge in [0.25, 0.3) is 0 Å². The third kappa shape index (κ3) is 4.07. The second kappa shape index (κ2) is 8.16. The molecule has 0 amide bonds. The first-order valence-corrected chi connectivity index (χ1v) is 7.48. The van der Waals surface area contributed by atoms with Crippen molar-refractivity contribution < 1.29 is 28.7 Å². The average molecular weight is 379 g/mol. The van der Waals surface area contributed by atoms with Crippen LogP contribution in [0.4, 0.5) is 0 Å². The smallest absolute Gasteiger partial charge is 0.327 e. The Balaban J connectivity index is 3.09. The van der Waals surface area contributed by atoms with E-state index in [2.05, 4.69) is 20.1 Å². The molecular weight excluding hydrogens is 363 g/mol. The van der Waals surface area contributed by atoms with Gasteiger partial charge < -0.3 is 20.1 Å². The molecule has 0 bridgehead atoms. The molecule has 0 heterocycles. The van der Waals surface area contributed by atoms with Crippen LogP contribution in [0.25, 0.3) is 0 Å². The number of hydrogen-bond donors (Lipinski definition) is 2. The minimum absolute atomic E-state index is 0.319. The molecule has 0 unspecified atom stereocenters. The van der Waals surface area contributed by atoms with Gasteiger partial charge in [-0.05, 0) is 13.8 Å². The SMILES string of the molecule is COC(=O)[C@H](C)NC1=C(Cl)C(=O)C(N[C@H](C)C(=O)OC)=C(Cl)C1=O. The lowest BCUT2D eigenvalue weighted by Gasteiger charge is -2.23. The zero-order valence-electron chi connectivity index (χ0n) is 13.4. The average Bonchev–Trinajstić information content (AvgIpc) is 2.58. The molecule has 0 aromatic carbocycles. The molecule has 0 radical (unpaired) electrons. The first-order chi connectivity index (χ1) is 11.1. The molecular formula is C14H16Cl2N2O6. The van der Waals surface area contributed by atoms with E-state index >= 15 is 0 Å². The zero-order valence-corrected chi connectivity index (χ0v) is 14.9. The highest BCUT2D eigenvalue weighted by molar-refractivity contribution is 6.56. The van der Waals surface area contributed by atoms with Gasteiger partial charge in [-0.2, -0.15) is 0 Å². The summed E-state index contributed by atoms with van der Waals surface area (Å²) in [7, 11) is 2.35. The molecule has 0 aromatic rings. The van der Waals surface area contributed by atoms with Gasteiger partial charge in [-0.15, -0.1) is 0 Å². The van der Waals surface area contributed by atoms with Crippen LogP contribution in [0.15, 0.2) is 21.5 Å². The van der Waals surface area contributed by atoms with Crippen LogP contribution in [0, 0.1) is 0 Å².